The fourth-order valence-corrected chi connectivity index (χ4v) is 3.56. The van der Waals surface area contributed by atoms with E-state index in [-0.39, 0.29) is 17.5 Å². The predicted octanol–water partition coefficient (Wildman–Crippen LogP) is 2.68. The minimum absolute atomic E-state index is 0.0657. The molecule has 1 aromatic carbocycles. The van der Waals surface area contributed by atoms with Crippen molar-refractivity contribution in [3.05, 3.63) is 70.7 Å². The number of aryl methyl sites for hydroxylation is 1. The Balaban J connectivity index is 1.46. The number of nitrogens with zero attached hydrogens (tertiary/aromatic N) is 4. The molecule has 1 aliphatic rings. The standard InChI is InChI=1S/C20H22N6O2/c1-14-22-18(12-19(27)23-14)15-5-3-9-25(13-15)20(28)24-16-6-2-7-17(11-16)26-10-4-8-21-26/h2,4,6-8,10-12,15H,3,5,9,13H2,1H3,(H,24,28)(H,22,23,27)/t15-/m1/s1. The van der Waals surface area contributed by atoms with Crippen LogP contribution in [0.4, 0.5) is 10.5 Å². The van der Waals surface area contributed by atoms with Crippen molar-refractivity contribution in [2.45, 2.75) is 25.7 Å². The minimum atomic E-state index is -0.153. The van der Waals surface area contributed by atoms with E-state index >= 15 is 0 Å². The molecule has 4 rings (SSSR count). The molecule has 0 radical (unpaired) electrons. The highest BCUT2D eigenvalue weighted by Gasteiger charge is 2.26. The Morgan fingerprint density at radius 1 is 1.29 bits per heavy atom. The molecule has 1 aliphatic heterocycles. The Morgan fingerprint density at radius 3 is 2.96 bits per heavy atom. The number of hydrogen-bond acceptors (Lipinski definition) is 4. The lowest BCUT2D eigenvalue weighted by molar-refractivity contribution is 0.192. The van der Waals surface area contributed by atoms with Crippen molar-refractivity contribution in [3.8, 4) is 5.69 Å². The second kappa shape index (κ2) is 7.67. The lowest BCUT2D eigenvalue weighted by Gasteiger charge is -2.32. The largest absolute Gasteiger partial charge is 0.324 e. The molecule has 0 saturated carbocycles. The van der Waals surface area contributed by atoms with Crippen molar-refractivity contribution < 1.29 is 4.79 Å². The van der Waals surface area contributed by atoms with Gasteiger partial charge in [0.15, 0.2) is 0 Å². The molecule has 3 aromatic rings. The van der Waals surface area contributed by atoms with E-state index in [1.165, 1.54) is 6.07 Å². The first-order valence-corrected chi connectivity index (χ1v) is 9.32. The van der Waals surface area contributed by atoms with Gasteiger partial charge in [0.2, 0.25) is 0 Å². The predicted molar refractivity (Wildman–Crippen MR) is 106 cm³/mol. The van der Waals surface area contributed by atoms with Crippen LogP contribution in [-0.4, -0.2) is 43.8 Å². The third kappa shape index (κ3) is 3.95. The molecule has 3 heterocycles. The van der Waals surface area contributed by atoms with Gasteiger partial charge >= 0.3 is 6.03 Å². The molecule has 1 atom stereocenters. The number of hydrogen-bond donors (Lipinski definition) is 2. The maximum atomic E-state index is 12.8. The Labute approximate surface area is 162 Å². The van der Waals surface area contributed by atoms with Gasteiger partial charge < -0.3 is 15.2 Å². The number of anilines is 1. The maximum absolute atomic E-state index is 12.8. The zero-order valence-electron chi connectivity index (χ0n) is 15.6. The van der Waals surface area contributed by atoms with E-state index in [2.05, 4.69) is 20.4 Å². The number of carbonyl (C=O) groups is 1. The second-order valence-corrected chi connectivity index (χ2v) is 6.97. The number of piperidine rings is 1. The van der Waals surface area contributed by atoms with Crippen molar-refractivity contribution >= 4 is 11.7 Å². The van der Waals surface area contributed by atoms with E-state index in [0.29, 0.717) is 24.6 Å². The van der Waals surface area contributed by atoms with Gasteiger partial charge in [-0.05, 0) is 44.0 Å². The molecule has 0 spiro atoms. The number of amides is 2. The van der Waals surface area contributed by atoms with Crippen LogP contribution in [0.15, 0.2) is 53.6 Å². The molecule has 1 fully saturated rings. The van der Waals surface area contributed by atoms with Crippen molar-refractivity contribution in [1.29, 1.82) is 0 Å². The molecule has 28 heavy (non-hydrogen) atoms. The van der Waals surface area contributed by atoms with E-state index in [0.717, 1.165) is 24.2 Å². The van der Waals surface area contributed by atoms with E-state index in [4.69, 9.17) is 0 Å². The summed E-state index contributed by atoms with van der Waals surface area (Å²) in [5, 5.41) is 7.18. The number of carbonyl (C=O) groups excluding carboxylic acids is 1. The highest BCUT2D eigenvalue weighted by atomic mass is 16.2. The monoisotopic (exact) mass is 378 g/mol. The lowest BCUT2D eigenvalue weighted by atomic mass is 9.94. The quantitative estimate of drug-likeness (QED) is 0.732. The summed E-state index contributed by atoms with van der Waals surface area (Å²) < 4.78 is 1.74. The van der Waals surface area contributed by atoms with Crippen molar-refractivity contribution in [2.24, 2.45) is 0 Å². The number of aromatic nitrogens is 4. The Kier molecular flexibility index (Phi) is 4.92. The van der Waals surface area contributed by atoms with Crippen molar-refractivity contribution in [2.75, 3.05) is 18.4 Å². The summed E-state index contributed by atoms with van der Waals surface area (Å²) in [6.45, 7) is 2.99. The van der Waals surface area contributed by atoms with Crippen LogP contribution in [0.2, 0.25) is 0 Å². The van der Waals surface area contributed by atoms with Crippen LogP contribution in [0.3, 0.4) is 0 Å². The van der Waals surface area contributed by atoms with E-state index < -0.39 is 0 Å². The highest BCUT2D eigenvalue weighted by Crippen LogP contribution is 2.25. The molecule has 0 aliphatic carbocycles. The van der Waals surface area contributed by atoms with Gasteiger partial charge in [0.1, 0.15) is 5.82 Å². The van der Waals surface area contributed by atoms with Gasteiger partial charge in [-0.15, -0.1) is 0 Å². The topological polar surface area (TPSA) is 95.9 Å². The van der Waals surface area contributed by atoms with Gasteiger partial charge in [-0.2, -0.15) is 5.10 Å². The molecule has 144 valence electrons. The number of benzene rings is 1. The van der Waals surface area contributed by atoms with Gasteiger partial charge in [-0.3, -0.25) is 4.79 Å². The Bertz CT molecular complexity index is 1030. The SMILES string of the molecule is Cc1nc([C@@H]2CCCN(C(=O)Nc3cccc(-n4cccn4)c3)C2)cc(=O)[nH]1. The first-order valence-electron chi connectivity index (χ1n) is 9.32. The molecule has 8 heteroatoms. The first-order chi connectivity index (χ1) is 13.6. The summed E-state index contributed by atoms with van der Waals surface area (Å²) >= 11 is 0. The normalized spacial score (nSPS) is 16.8. The second-order valence-electron chi connectivity index (χ2n) is 6.97. The number of nitrogens with one attached hydrogen (secondary N) is 2. The molecule has 2 aromatic heterocycles. The molecular weight excluding hydrogens is 356 g/mol. The number of aromatic amines is 1. The van der Waals surface area contributed by atoms with Crippen LogP contribution >= 0.6 is 0 Å². The molecule has 2 amide bonds. The molecule has 0 bridgehead atoms. The van der Waals surface area contributed by atoms with E-state index in [1.54, 1.807) is 22.7 Å². The lowest BCUT2D eigenvalue weighted by Crippen LogP contribution is -2.42. The zero-order valence-corrected chi connectivity index (χ0v) is 15.6. The third-order valence-electron chi connectivity index (χ3n) is 4.87. The average Bonchev–Trinajstić information content (AvgIpc) is 3.22. The summed E-state index contributed by atoms with van der Waals surface area (Å²) in [6, 6.07) is 10.8. The molecule has 8 nitrogen and oxygen atoms in total. The van der Waals surface area contributed by atoms with Crippen LogP contribution in [-0.2, 0) is 0 Å². The summed E-state index contributed by atoms with van der Waals surface area (Å²) in [4.78, 5) is 33.4. The fourth-order valence-electron chi connectivity index (χ4n) is 3.56. The Morgan fingerprint density at radius 2 is 2.18 bits per heavy atom. The van der Waals surface area contributed by atoms with E-state index in [1.807, 2.05) is 36.5 Å². The molecule has 2 N–H and O–H groups in total. The maximum Gasteiger partial charge on any atom is 0.321 e. The fraction of sp³-hybridized carbons (Fsp3) is 0.300. The van der Waals surface area contributed by atoms with Crippen LogP contribution in [0, 0.1) is 6.92 Å². The number of likely N-dealkylation sites (tertiary alicyclic amines) is 1. The van der Waals surface area contributed by atoms with Crippen LogP contribution in [0.5, 0.6) is 0 Å². The van der Waals surface area contributed by atoms with Crippen LogP contribution < -0.4 is 10.9 Å². The average molecular weight is 378 g/mol. The van der Waals surface area contributed by atoms with Crippen LogP contribution in [0.1, 0.15) is 30.3 Å². The molecular formula is C20H22N6O2. The smallest absolute Gasteiger partial charge is 0.321 e. The summed E-state index contributed by atoms with van der Waals surface area (Å²) in [7, 11) is 0. The number of urea groups is 1. The van der Waals surface area contributed by atoms with Gasteiger partial charge in [0, 0.05) is 43.2 Å². The van der Waals surface area contributed by atoms with Gasteiger partial charge in [-0.25, -0.2) is 14.5 Å². The molecule has 0 unspecified atom stereocenters. The van der Waals surface area contributed by atoms with Crippen molar-refractivity contribution in [3.63, 3.8) is 0 Å². The highest BCUT2D eigenvalue weighted by molar-refractivity contribution is 5.89. The third-order valence-corrected chi connectivity index (χ3v) is 4.87. The minimum Gasteiger partial charge on any atom is -0.324 e. The summed E-state index contributed by atoms with van der Waals surface area (Å²) in [6.07, 6.45) is 5.35. The van der Waals surface area contributed by atoms with Gasteiger partial charge in [0.25, 0.3) is 5.56 Å². The first kappa shape index (κ1) is 18.0. The number of rotatable bonds is 3. The van der Waals surface area contributed by atoms with Gasteiger partial charge in [0.05, 0.1) is 11.4 Å². The van der Waals surface area contributed by atoms with Gasteiger partial charge in [-0.1, -0.05) is 6.07 Å². The summed E-state index contributed by atoms with van der Waals surface area (Å²) in [5.74, 6) is 0.662. The van der Waals surface area contributed by atoms with E-state index in [9.17, 15) is 9.59 Å². The number of H-pyrrole nitrogens is 1. The molecule has 1 saturated heterocycles. The zero-order chi connectivity index (χ0) is 19.5. The Hall–Kier alpha value is -3.42. The summed E-state index contributed by atoms with van der Waals surface area (Å²) in [5.41, 5.74) is 2.19. The van der Waals surface area contributed by atoms with Crippen molar-refractivity contribution in [1.82, 2.24) is 24.6 Å². The van der Waals surface area contributed by atoms with Crippen LogP contribution in [0.25, 0.3) is 5.69 Å².